The fourth-order valence-corrected chi connectivity index (χ4v) is 27.8. The molecule has 32 heteroatoms. The largest absolute Gasteiger partial charge is 0.324 e. The first-order chi connectivity index (χ1) is 49.2. The van der Waals surface area contributed by atoms with E-state index in [-0.39, 0.29) is 141 Å². The van der Waals surface area contributed by atoms with Crippen molar-refractivity contribution < 1.29 is 67.3 Å². The van der Waals surface area contributed by atoms with Gasteiger partial charge in [0.15, 0.2) is 102 Å². The molecular formula is C72H98N8O16S8. The van der Waals surface area contributed by atoms with Gasteiger partial charge in [0.25, 0.3) is 0 Å². The maximum atomic E-state index is 14.9. The Kier molecular flexibility index (Phi) is 26.7. The molecule has 0 saturated heterocycles. The summed E-state index contributed by atoms with van der Waals surface area (Å²) in [5, 5.41) is -0.278. The van der Waals surface area contributed by atoms with Gasteiger partial charge in [-0.15, -0.1) is 0 Å². The Morgan fingerprint density at radius 3 is 0.500 bits per heavy atom. The van der Waals surface area contributed by atoms with E-state index >= 15 is 0 Å². The Morgan fingerprint density at radius 1 is 0.212 bits per heavy atom. The first-order valence-electron chi connectivity index (χ1n) is 36.6. The summed E-state index contributed by atoms with van der Waals surface area (Å²) in [6, 6.07) is 9.28. The van der Waals surface area contributed by atoms with Gasteiger partial charge in [0.2, 0.25) is 0 Å². The van der Waals surface area contributed by atoms with Crippen molar-refractivity contribution in [2.45, 2.75) is 249 Å². The van der Waals surface area contributed by atoms with Gasteiger partial charge in [0.05, 0.1) is 85.2 Å². The van der Waals surface area contributed by atoms with E-state index in [2.05, 4.69) is 9.97 Å². The second-order valence-electron chi connectivity index (χ2n) is 27.2. The summed E-state index contributed by atoms with van der Waals surface area (Å²) in [4.78, 5) is 31.8. The van der Waals surface area contributed by atoms with E-state index in [0.29, 0.717) is 103 Å². The van der Waals surface area contributed by atoms with Gasteiger partial charge >= 0.3 is 0 Å². The van der Waals surface area contributed by atoms with Crippen molar-refractivity contribution in [1.82, 2.24) is 39.9 Å². The number of aromatic amines is 2. The number of nitrogens with one attached hydrogen (secondary N) is 2. The van der Waals surface area contributed by atoms with E-state index in [1.165, 1.54) is 24.3 Å². The third-order valence-corrected chi connectivity index (χ3v) is 34.1. The zero-order chi connectivity index (χ0) is 75.8. The number of hydrogen-bond acceptors (Lipinski definition) is 22. The molecule has 0 spiro atoms. The molecule has 3 aromatic heterocycles. The number of benzene rings is 4. The molecule has 0 saturated carbocycles. The Balaban J connectivity index is 1.58. The van der Waals surface area contributed by atoms with Crippen LogP contribution in [0.3, 0.4) is 0 Å². The molecule has 570 valence electrons. The van der Waals surface area contributed by atoms with Gasteiger partial charge < -0.3 is 9.97 Å². The minimum atomic E-state index is -4.48. The third kappa shape index (κ3) is 18.2. The molecule has 0 radical (unpaired) electrons. The van der Waals surface area contributed by atoms with Crippen molar-refractivity contribution in [1.29, 1.82) is 0 Å². The van der Waals surface area contributed by atoms with Crippen molar-refractivity contribution in [3.05, 3.63) is 48.5 Å². The summed E-state index contributed by atoms with van der Waals surface area (Å²) in [6.45, 7) is 15.0. The van der Waals surface area contributed by atoms with Gasteiger partial charge in [-0.1, -0.05) is 158 Å². The van der Waals surface area contributed by atoms with Gasteiger partial charge in [-0.3, -0.25) is 0 Å². The summed E-state index contributed by atoms with van der Waals surface area (Å²) in [7, 11) is -35.8. The smallest absolute Gasteiger partial charge is 0.179 e. The Bertz CT molecular complexity index is 4880. The number of sulfone groups is 8. The molecule has 0 atom stereocenters. The minimum Gasteiger partial charge on any atom is -0.324 e. The molecule has 7 aromatic rings. The topological polar surface area (TPSA) is 382 Å². The van der Waals surface area contributed by atoms with E-state index < -0.39 is 164 Å². The number of H-pyrrole nitrogens is 2. The SMILES string of the molecule is CCCCCS(=O)(=O)c1cc2c(cc1S(=O)(=O)CCCCC)-c1nc-2nc2[nH]c(nc3nc(nc4[nH]c(n1)c1cc(S(=O)(=O)CCCCC)c(S(=O)(=O)CCCCC)cc41)-c1cc(S(=O)(=O)CCCCC)c(S(=O)(=O)CCCCC)cc1-3)c1cc(S(=O)(=O)CCCCC)c(S(=O)(=O)CCCCC)cc21. The number of aromatic nitrogens is 8. The van der Waals surface area contributed by atoms with Crippen LogP contribution in [0.15, 0.2) is 87.7 Å². The lowest BCUT2D eigenvalue weighted by molar-refractivity contribution is 0.577. The van der Waals surface area contributed by atoms with Crippen molar-refractivity contribution in [2.24, 2.45) is 0 Å². The molecule has 2 aliphatic heterocycles. The van der Waals surface area contributed by atoms with Crippen LogP contribution in [0.4, 0.5) is 0 Å². The van der Waals surface area contributed by atoms with Gasteiger partial charge in [0, 0.05) is 43.8 Å². The van der Waals surface area contributed by atoms with Crippen LogP contribution >= 0.6 is 0 Å². The second kappa shape index (κ2) is 34.0. The highest BCUT2D eigenvalue weighted by molar-refractivity contribution is 7.96. The molecule has 0 amide bonds. The fourth-order valence-electron chi connectivity index (χ4n) is 13.0. The molecule has 24 nitrogen and oxygen atoms in total. The zero-order valence-corrected chi connectivity index (χ0v) is 67.3. The second-order valence-corrected chi connectivity index (χ2v) is 43.8. The van der Waals surface area contributed by atoms with Gasteiger partial charge in [-0.25, -0.2) is 97.2 Å². The van der Waals surface area contributed by atoms with Gasteiger partial charge in [0.1, 0.15) is 22.6 Å². The number of rotatable bonds is 40. The summed E-state index contributed by atoms with van der Waals surface area (Å²) in [5.74, 6) is -5.00. The van der Waals surface area contributed by atoms with Gasteiger partial charge in [-0.05, 0) is 99.9 Å². The molecule has 104 heavy (non-hydrogen) atoms. The molecule has 5 heterocycles. The molecule has 0 aliphatic carbocycles. The molecule has 2 N–H and O–H groups in total. The lowest BCUT2D eigenvalue weighted by Gasteiger charge is -2.14. The van der Waals surface area contributed by atoms with Crippen LogP contribution in [0.2, 0.25) is 0 Å². The zero-order valence-electron chi connectivity index (χ0n) is 60.7. The fraction of sp³-hybridized carbons (Fsp3) is 0.556. The molecule has 0 unspecified atom stereocenters. The highest BCUT2D eigenvalue weighted by Crippen LogP contribution is 2.45. The predicted octanol–water partition coefficient (Wildman–Crippen LogP) is 14.6. The predicted molar refractivity (Wildman–Crippen MR) is 409 cm³/mol. The average molecular weight is 1590 g/mol. The highest BCUT2D eigenvalue weighted by Gasteiger charge is 2.37. The summed E-state index contributed by atoms with van der Waals surface area (Å²) >= 11 is 0. The first-order valence-corrected chi connectivity index (χ1v) is 49.8. The van der Waals surface area contributed by atoms with Crippen LogP contribution in [-0.4, -0.2) is 153 Å². The lowest BCUT2D eigenvalue weighted by Crippen LogP contribution is -2.16. The summed E-state index contributed by atoms with van der Waals surface area (Å²) in [6.07, 6.45) is 10.2. The number of nitrogens with zero attached hydrogens (tertiary/aromatic N) is 6. The summed E-state index contributed by atoms with van der Waals surface area (Å²) < 4.78 is 238. The number of unbranched alkanes of at least 4 members (excludes halogenated alkanes) is 16. The minimum absolute atomic E-state index is 0.0695. The van der Waals surface area contributed by atoms with Crippen LogP contribution in [0.1, 0.15) is 209 Å². The van der Waals surface area contributed by atoms with Crippen LogP contribution in [0, 0.1) is 0 Å². The van der Waals surface area contributed by atoms with Crippen LogP contribution in [0.25, 0.3) is 89.7 Å². The Labute approximate surface area is 614 Å². The number of hydrogen-bond donors (Lipinski definition) is 2. The molecule has 2 aliphatic rings. The van der Waals surface area contributed by atoms with E-state index in [1.807, 2.05) is 55.4 Å². The standard InChI is InChI=1S/C72H98N8O16S8/c1-9-17-25-33-97(81,82)57-41-49-50(42-58(57)98(83,84)34-26-18-10-2)66-73-65(49)77-67-51-43-59(99(85,86)35-27-19-11-3)60(100(87,88)36-28-20-12-4)44-52(51)69(74-67)79-71-55-47-63(103(93,94)39-31-23-15-7)64(104(95,96)40-32-24-16-8)48-56(55)72(76-71)80-70-54-46-62(102(91,92)38-30-22-14-6)61(45-53(54)68(75-70)78-66)101(89,90)37-29-21-13-5/h41-48H,9-40H2,1-8H3,(H2,73,74,75,76,77,78,79,80). The normalized spacial score (nSPS) is 13.3. The maximum absolute atomic E-state index is 14.9. The molecular weight excluding hydrogens is 1490 g/mol. The Hall–Kier alpha value is -6.16. The summed E-state index contributed by atoms with van der Waals surface area (Å²) in [5.41, 5.74) is -1.39. The quantitative estimate of drug-likeness (QED) is 0.0337. The van der Waals surface area contributed by atoms with Crippen molar-refractivity contribution in [3.63, 3.8) is 0 Å². The first kappa shape index (κ1) is 81.9. The molecule has 0 fully saturated rings. The van der Waals surface area contributed by atoms with Crippen LogP contribution in [0.5, 0.6) is 0 Å². The van der Waals surface area contributed by atoms with Crippen molar-refractivity contribution >= 4 is 123 Å². The Morgan fingerprint density at radius 2 is 0.356 bits per heavy atom. The average Bonchev–Trinajstić information content (AvgIpc) is 1.51. The third-order valence-electron chi connectivity index (χ3n) is 18.9. The highest BCUT2D eigenvalue weighted by atomic mass is 32.2. The van der Waals surface area contributed by atoms with Crippen LogP contribution < -0.4 is 0 Å². The lowest BCUT2D eigenvalue weighted by atomic mass is 10.1. The molecule has 4 aromatic carbocycles. The monoisotopic (exact) mass is 1590 g/mol. The van der Waals surface area contributed by atoms with Crippen LogP contribution in [-0.2, 0) is 78.7 Å². The van der Waals surface area contributed by atoms with E-state index in [9.17, 15) is 67.3 Å². The van der Waals surface area contributed by atoms with E-state index in [1.54, 1.807) is 0 Å². The van der Waals surface area contributed by atoms with Crippen molar-refractivity contribution in [2.75, 3.05) is 46.0 Å². The van der Waals surface area contributed by atoms with E-state index in [4.69, 9.17) is 29.9 Å². The molecule has 9 rings (SSSR count). The van der Waals surface area contributed by atoms with Crippen molar-refractivity contribution in [3.8, 4) is 45.6 Å². The maximum Gasteiger partial charge on any atom is 0.179 e. The van der Waals surface area contributed by atoms with E-state index in [0.717, 1.165) is 24.3 Å². The number of fused-ring (bicyclic) bond motifs is 20. The van der Waals surface area contributed by atoms with Gasteiger partial charge in [-0.2, -0.15) is 0 Å². The molecule has 8 bridgehead atoms.